The van der Waals surface area contributed by atoms with Crippen LogP contribution < -0.4 is 4.72 Å². The van der Waals surface area contributed by atoms with E-state index in [9.17, 15) is 13.2 Å². The van der Waals surface area contributed by atoms with Crippen LogP contribution in [0.1, 0.15) is 24.7 Å². The van der Waals surface area contributed by atoms with Gasteiger partial charge in [-0.05, 0) is 26.5 Å². The van der Waals surface area contributed by atoms with Gasteiger partial charge in [0.15, 0.2) is 0 Å². The van der Waals surface area contributed by atoms with E-state index in [0.29, 0.717) is 23.2 Å². The highest BCUT2D eigenvalue weighted by Crippen LogP contribution is 2.19. The monoisotopic (exact) mass is 335 g/mol. The van der Waals surface area contributed by atoms with Crippen molar-refractivity contribution in [2.24, 2.45) is 0 Å². The van der Waals surface area contributed by atoms with Crippen molar-refractivity contribution in [3.63, 3.8) is 0 Å². The van der Waals surface area contributed by atoms with Gasteiger partial charge in [0.05, 0.1) is 11.4 Å². The fourth-order valence-electron chi connectivity index (χ4n) is 1.94. The molecule has 0 aliphatic rings. The van der Waals surface area contributed by atoms with Gasteiger partial charge < -0.3 is 5.11 Å². The summed E-state index contributed by atoms with van der Waals surface area (Å²) in [5, 5.41) is 13.1. The molecule has 0 spiro atoms. The van der Waals surface area contributed by atoms with Gasteiger partial charge in [0.25, 0.3) is 0 Å². The van der Waals surface area contributed by atoms with Gasteiger partial charge >= 0.3 is 5.97 Å². The molecule has 1 aromatic heterocycles. The van der Waals surface area contributed by atoms with E-state index in [2.05, 4.69) is 9.82 Å². The van der Waals surface area contributed by atoms with Crippen LogP contribution in [0.3, 0.4) is 0 Å². The molecule has 1 unspecified atom stereocenters. The summed E-state index contributed by atoms with van der Waals surface area (Å²) in [7, 11) is -3.68. The first-order valence-electron chi connectivity index (χ1n) is 6.47. The lowest BCUT2D eigenvalue weighted by Crippen LogP contribution is -2.27. The van der Waals surface area contributed by atoms with Crippen molar-refractivity contribution in [2.45, 2.75) is 43.9 Å². The third-order valence-electron chi connectivity index (χ3n) is 3.11. The van der Waals surface area contributed by atoms with Crippen molar-refractivity contribution in [2.75, 3.05) is 12.8 Å². The van der Waals surface area contributed by atoms with E-state index in [4.69, 9.17) is 5.11 Å². The smallest absolute Gasteiger partial charge is 0.325 e. The van der Waals surface area contributed by atoms with Crippen LogP contribution in [-0.2, 0) is 21.4 Å². The standard InChI is InChI=1S/C12H21N3O4S2/c1-8(20-4)5-6-13-21(18,19)12-9(2)14-15(10(12)3)7-11(16)17/h8,13H,5-7H2,1-4H3,(H,16,17). The molecular weight excluding hydrogens is 314 g/mol. The van der Waals surface area contributed by atoms with Crippen LogP contribution in [0.15, 0.2) is 4.90 Å². The van der Waals surface area contributed by atoms with Crippen LogP contribution in [0, 0.1) is 13.8 Å². The van der Waals surface area contributed by atoms with Crippen molar-refractivity contribution < 1.29 is 18.3 Å². The van der Waals surface area contributed by atoms with Crippen LogP contribution >= 0.6 is 11.8 Å². The molecule has 0 bridgehead atoms. The third kappa shape index (κ3) is 4.72. The van der Waals surface area contributed by atoms with Crippen LogP contribution in [0.2, 0.25) is 0 Å². The zero-order valence-electron chi connectivity index (χ0n) is 12.6. The number of hydrogen-bond acceptors (Lipinski definition) is 5. The molecular formula is C12H21N3O4S2. The number of carboxylic acids is 1. The number of hydrogen-bond donors (Lipinski definition) is 2. The number of aromatic nitrogens is 2. The maximum Gasteiger partial charge on any atom is 0.325 e. The number of carboxylic acid groups (broad SMARTS) is 1. The summed E-state index contributed by atoms with van der Waals surface area (Å²) in [6.45, 7) is 5.13. The average Bonchev–Trinajstić information content (AvgIpc) is 2.63. The Morgan fingerprint density at radius 2 is 2.10 bits per heavy atom. The number of thioether (sulfide) groups is 1. The number of sulfonamides is 1. The topological polar surface area (TPSA) is 101 Å². The van der Waals surface area contributed by atoms with E-state index in [0.717, 1.165) is 6.42 Å². The van der Waals surface area contributed by atoms with E-state index in [-0.39, 0.29) is 11.4 Å². The lowest BCUT2D eigenvalue weighted by atomic mass is 10.3. The van der Waals surface area contributed by atoms with Gasteiger partial charge in [-0.2, -0.15) is 16.9 Å². The molecule has 120 valence electrons. The quantitative estimate of drug-likeness (QED) is 0.735. The Bertz CT molecular complexity index is 610. The summed E-state index contributed by atoms with van der Waals surface area (Å²) in [6.07, 6.45) is 2.70. The summed E-state index contributed by atoms with van der Waals surface area (Å²) in [4.78, 5) is 10.8. The average molecular weight is 335 g/mol. The molecule has 1 aromatic rings. The van der Waals surface area contributed by atoms with Gasteiger partial charge in [0.2, 0.25) is 10.0 Å². The maximum atomic E-state index is 12.3. The molecule has 0 aromatic carbocycles. The maximum absolute atomic E-state index is 12.3. The molecule has 0 aliphatic carbocycles. The predicted molar refractivity (Wildman–Crippen MR) is 82.1 cm³/mol. The minimum Gasteiger partial charge on any atom is -0.480 e. The number of nitrogens with zero attached hydrogens (tertiary/aromatic N) is 2. The van der Waals surface area contributed by atoms with Gasteiger partial charge in [-0.1, -0.05) is 6.92 Å². The molecule has 0 amide bonds. The molecule has 0 saturated carbocycles. The molecule has 9 heteroatoms. The van der Waals surface area contributed by atoms with E-state index >= 15 is 0 Å². The van der Waals surface area contributed by atoms with Crippen LogP contribution in [-0.4, -0.2) is 47.3 Å². The van der Waals surface area contributed by atoms with Crippen molar-refractivity contribution in [3.05, 3.63) is 11.4 Å². The Morgan fingerprint density at radius 3 is 2.62 bits per heavy atom. The fourth-order valence-corrected chi connectivity index (χ4v) is 3.75. The minimum atomic E-state index is -3.68. The van der Waals surface area contributed by atoms with Crippen molar-refractivity contribution >= 4 is 27.8 Å². The molecule has 0 radical (unpaired) electrons. The molecule has 0 fully saturated rings. The first-order valence-corrected chi connectivity index (χ1v) is 9.24. The first kappa shape index (κ1) is 18.0. The van der Waals surface area contributed by atoms with Gasteiger partial charge in [0, 0.05) is 11.8 Å². The van der Waals surface area contributed by atoms with E-state index in [1.165, 1.54) is 4.68 Å². The second-order valence-corrected chi connectivity index (χ2v) is 7.76. The van der Waals surface area contributed by atoms with Crippen molar-refractivity contribution in [1.29, 1.82) is 0 Å². The Balaban J connectivity index is 2.93. The SMILES string of the molecule is CSC(C)CCNS(=O)(=O)c1c(C)nn(CC(=O)O)c1C. The Hall–Kier alpha value is -1.06. The van der Waals surface area contributed by atoms with E-state index in [1.54, 1.807) is 25.6 Å². The third-order valence-corrected chi connectivity index (χ3v) is 5.87. The van der Waals surface area contributed by atoms with Gasteiger partial charge in [-0.15, -0.1) is 0 Å². The highest BCUT2D eigenvalue weighted by atomic mass is 32.2. The Morgan fingerprint density at radius 1 is 1.48 bits per heavy atom. The zero-order valence-corrected chi connectivity index (χ0v) is 14.2. The number of rotatable bonds is 8. The normalized spacial score (nSPS) is 13.3. The number of aryl methyl sites for hydroxylation is 1. The van der Waals surface area contributed by atoms with Crippen molar-refractivity contribution in [1.82, 2.24) is 14.5 Å². The molecule has 2 N–H and O–H groups in total. The van der Waals surface area contributed by atoms with Gasteiger partial charge in [-0.3, -0.25) is 9.48 Å². The second kappa shape index (κ2) is 7.28. The summed E-state index contributed by atoms with van der Waals surface area (Å²) in [5.74, 6) is -1.06. The molecule has 0 aliphatic heterocycles. The number of carbonyl (C=O) groups is 1. The Kier molecular flexibility index (Phi) is 6.24. The molecule has 1 heterocycles. The summed E-state index contributed by atoms with van der Waals surface area (Å²) in [5.41, 5.74) is 0.638. The summed E-state index contributed by atoms with van der Waals surface area (Å²) >= 11 is 1.67. The highest BCUT2D eigenvalue weighted by Gasteiger charge is 2.24. The molecule has 1 rings (SSSR count). The molecule has 21 heavy (non-hydrogen) atoms. The van der Waals surface area contributed by atoms with Crippen molar-refractivity contribution in [3.8, 4) is 0 Å². The largest absolute Gasteiger partial charge is 0.480 e. The highest BCUT2D eigenvalue weighted by molar-refractivity contribution is 7.99. The predicted octanol–water partition coefficient (Wildman–Crippen LogP) is 1.00. The number of aliphatic carboxylic acids is 1. The lowest BCUT2D eigenvalue weighted by Gasteiger charge is -2.10. The zero-order chi connectivity index (χ0) is 16.2. The summed E-state index contributed by atoms with van der Waals surface area (Å²) < 4.78 is 28.4. The molecule has 7 nitrogen and oxygen atoms in total. The van der Waals surface area contributed by atoms with E-state index in [1.807, 2.05) is 13.2 Å². The molecule has 0 saturated heterocycles. The fraction of sp³-hybridized carbons (Fsp3) is 0.667. The van der Waals surface area contributed by atoms with Gasteiger partial charge in [0.1, 0.15) is 11.4 Å². The second-order valence-electron chi connectivity index (χ2n) is 4.78. The van der Waals surface area contributed by atoms with Gasteiger partial charge in [-0.25, -0.2) is 13.1 Å². The molecule has 1 atom stereocenters. The van der Waals surface area contributed by atoms with E-state index < -0.39 is 16.0 Å². The Labute approximate surface area is 129 Å². The minimum absolute atomic E-state index is 0.0700. The first-order chi connectivity index (χ1) is 9.69. The summed E-state index contributed by atoms with van der Waals surface area (Å²) in [6, 6.07) is 0. The number of nitrogens with one attached hydrogen (secondary N) is 1. The van der Waals surface area contributed by atoms with Crippen LogP contribution in [0.25, 0.3) is 0 Å². The lowest BCUT2D eigenvalue weighted by molar-refractivity contribution is -0.137. The van der Waals surface area contributed by atoms with Crippen LogP contribution in [0.5, 0.6) is 0 Å². The van der Waals surface area contributed by atoms with Crippen LogP contribution in [0.4, 0.5) is 0 Å².